The van der Waals surface area contributed by atoms with Crippen LogP contribution in [0, 0.1) is 0 Å². The fourth-order valence-corrected chi connectivity index (χ4v) is 3.89. The van der Waals surface area contributed by atoms with E-state index in [0.29, 0.717) is 29.7 Å². The van der Waals surface area contributed by atoms with Crippen LogP contribution in [-0.4, -0.2) is 34.8 Å². The van der Waals surface area contributed by atoms with E-state index in [4.69, 9.17) is 4.74 Å². The summed E-state index contributed by atoms with van der Waals surface area (Å²) in [4.78, 5) is 45.1. The summed E-state index contributed by atoms with van der Waals surface area (Å²) in [5.74, 6) is -0.506. The lowest BCUT2D eigenvalue weighted by Gasteiger charge is -2.14. The van der Waals surface area contributed by atoms with Crippen molar-refractivity contribution >= 4 is 24.0 Å². The van der Waals surface area contributed by atoms with Crippen LogP contribution in [0.25, 0.3) is 11.1 Å². The molecule has 0 N–H and O–H groups in total. The van der Waals surface area contributed by atoms with Gasteiger partial charge in [0, 0.05) is 17.7 Å². The number of methoxy groups -OCH3 is 1. The molecule has 2 heterocycles. The lowest BCUT2D eigenvalue weighted by atomic mass is 9.96. The van der Waals surface area contributed by atoms with Crippen molar-refractivity contribution in [3.63, 3.8) is 0 Å². The van der Waals surface area contributed by atoms with E-state index in [2.05, 4.69) is 16.9 Å². The molecule has 0 amide bonds. The Morgan fingerprint density at radius 1 is 1.06 bits per heavy atom. The SMILES string of the molecule is CCCCc1c(Cc2ccc(-c3ccccc3C(=O)OC)cc2)c(=O)nc2n1C(=O)C=N2. The number of unbranched alkanes of at least 4 members (excludes halogenated alkanes) is 1. The third-order valence-electron chi connectivity index (χ3n) is 5.53. The summed E-state index contributed by atoms with van der Waals surface area (Å²) in [6.07, 6.45) is 3.96. The third-order valence-corrected chi connectivity index (χ3v) is 5.53. The van der Waals surface area contributed by atoms with Gasteiger partial charge in [-0.3, -0.25) is 9.59 Å². The fraction of sp³-hybridized carbons (Fsp3) is 0.240. The number of fused-ring (bicyclic) bond motifs is 1. The number of aliphatic imine (C=N–C) groups is 1. The molecule has 0 radical (unpaired) electrons. The molecule has 2 aromatic carbocycles. The predicted octanol–water partition coefficient (Wildman–Crippen LogP) is 3.99. The molecular weight excluding hydrogens is 406 g/mol. The molecule has 0 aliphatic carbocycles. The molecule has 32 heavy (non-hydrogen) atoms. The van der Waals surface area contributed by atoms with Crippen molar-refractivity contribution in [1.29, 1.82) is 0 Å². The van der Waals surface area contributed by atoms with Gasteiger partial charge in [0.1, 0.15) is 0 Å². The van der Waals surface area contributed by atoms with Gasteiger partial charge in [0.2, 0.25) is 5.95 Å². The molecular formula is C25H23N3O4. The molecule has 162 valence electrons. The van der Waals surface area contributed by atoms with E-state index >= 15 is 0 Å². The summed E-state index contributed by atoms with van der Waals surface area (Å²) < 4.78 is 6.34. The number of esters is 1. The van der Waals surface area contributed by atoms with E-state index < -0.39 is 5.97 Å². The van der Waals surface area contributed by atoms with Gasteiger partial charge in [-0.2, -0.15) is 4.98 Å². The van der Waals surface area contributed by atoms with Crippen LogP contribution in [0.3, 0.4) is 0 Å². The first kappa shape index (κ1) is 21.4. The van der Waals surface area contributed by atoms with Crippen molar-refractivity contribution in [1.82, 2.24) is 9.55 Å². The molecule has 0 saturated carbocycles. The number of aromatic nitrogens is 2. The van der Waals surface area contributed by atoms with Crippen molar-refractivity contribution < 1.29 is 14.3 Å². The molecule has 4 rings (SSSR count). The summed E-state index contributed by atoms with van der Waals surface area (Å²) in [5, 5.41) is 0. The molecule has 0 fully saturated rings. The molecule has 0 bridgehead atoms. The molecule has 3 aromatic rings. The van der Waals surface area contributed by atoms with Crippen molar-refractivity contribution in [3.8, 4) is 11.1 Å². The van der Waals surface area contributed by atoms with Gasteiger partial charge in [0.15, 0.2) is 0 Å². The zero-order chi connectivity index (χ0) is 22.7. The van der Waals surface area contributed by atoms with Crippen LogP contribution in [-0.2, 0) is 17.6 Å². The van der Waals surface area contributed by atoms with E-state index in [9.17, 15) is 14.4 Å². The number of benzene rings is 2. The summed E-state index contributed by atoms with van der Waals surface area (Å²) in [5.41, 5.74) is 3.89. The lowest BCUT2D eigenvalue weighted by Crippen LogP contribution is -2.24. The van der Waals surface area contributed by atoms with E-state index in [0.717, 1.165) is 29.5 Å². The molecule has 1 aliphatic rings. The minimum atomic E-state index is -0.394. The van der Waals surface area contributed by atoms with Crippen LogP contribution in [0.2, 0.25) is 0 Å². The topological polar surface area (TPSA) is 90.6 Å². The quantitative estimate of drug-likeness (QED) is 0.530. The Kier molecular flexibility index (Phi) is 6.07. The summed E-state index contributed by atoms with van der Waals surface area (Å²) in [6, 6.07) is 14.9. The number of ether oxygens (including phenoxy) is 1. The highest BCUT2D eigenvalue weighted by atomic mass is 16.5. The van der Waals surface area contributed by atoms with Gasteiger partial charge < -0.3 is 4.74 Å². The van der Waals surface area contributed by atoms with Gasteiger partial charge in [0.25, 0.3) is 11.5 Å². The van der Waals surface area contributed by atoms with Crippen LogP contribution >= 0.6 is 0 Å². The van der Waals surface area contributed by atoms with Crippen molar-refractivity contribution in [3.05, 3.63) is 81.3 Å². The minimum absolute atomic E-state index is 0.157. The van der Waals surface area contributed by atoms with E-state index in [1.807, 2.05) is 36.4 Å². The minimum Gasteiger partial charge on any atom is -0.465 e. The lowest BCUT2D eigenvalue weighted by molar-refractivity contribution is 0.0601. The third kappa shape index (κ3) is 4.01. The largest absolute Gasteiger partial charge is 0.465 e. The van der Waals surface area contributed by atoms with Gasteiger partial charge in [0.05, 0.1) is 18.9 Å². The number of hydrogen-bond acceptors (Lipinski definition) is 6. The van der Waals surface area contributed by atoms with Crippen LogP contribution in [0.1, 0.15) is 51.7 Å². The zero-order valence-electron chi connectivity index (χ0n) is 18.0. The van der Waals surface area contributed by atoms with Gasteiger partial charge >= 0.3 is 5.97 Å². The first-order valence-corrected chi connectivity index (χ1v) is 10.5. The second-order valence-electron chi connectivity index (χ2n) is 7.59. The highest BCUT2D eigenvalue weighted by Crippen LogP contribution is 2.26. The van der Waals surface area contributed by atoms with E-state index in [1.54, 1.807) is 12.1 Å². The maximum absolute atomic E-state index is 12.8. The van der Waals surface area contributed by atoms with Gasteiger partial charge in [-0.05, 0) is 35.6 Å². The first-order valence-electron chi connectivity index (χ1n) is 10.5. The average molecular weight is 429 g/mol. The Labute approximate surface area is 185 Å². The Bertz CT molecular complexity index is 1270. The summed E-state index contributed by atoms with van der Waals surface area (Å²) in [7, 11) is 1.36. The van der Waals surface area contributed by atoms with Crippen LogP contribution in [0.4, 0.5) is 5.95 Å². The predicted molar refractivity (Wildman–Crippen MR) is 122 cm³/mol. The Morgan fingerprint density at radius 2 is 1.81 bits per heavy atom. The van der Waals surface area contributed by atoms with Crippen molar-refractivity contribution in [2.75, 3.05) is 7.11 Å². The normalized spacial score (nSPS) is 12.1. The number of rotatable bonds is 7. The standard InChI is InChI=1S/C25H23N3O4/c1-3-4-9-21-20(23(30)27-25-26-15-22(29)28(21)25)14-16-10-12-17(13-11-16)18-7-5-6-8-19(18)24(31)32-2/h5-8,10-13,15H,3-4,9,14H2,1-2H3. The maximum atomic E-state index is 12.8. The van der Waals surface area contributed by atoms with Crippen molar-refractivity contribution in [2.24, 2.45) is 4.99 Å². The van der Waals surface area contributed by atoms with Crippen LogP contribution < -0.4 is 5.56 Å². The van der Waals surface area contributed by atoms with E-state index in [-0.39, 0.29) is 17.4 Å². The van der Waals surface area contributed by atoms with Gasteiger partial charge in [-0.25, -0.2) is 14.4 Å². The van der Waals surface area contributed by atoms with Crippen LogP contribution in [0.15, 0.2) is 58.3 Å². The van der Waals surface area contributed by atoms with Crippen molar-refractivity contribution in [2.45, 2.75) is 32.6 Å². The first-order chi connectivity index (χ1) is 15.5. The van der Waals surface area contributed by atoms with Gasteiger partial charge in [-0.1, -0.05) is 55.8 Å². The number of nitrogens with zero attached hydrogens (tertiary/aromatic N) is 3. The number of carbonyl (C=O) groups is 2. The van der Waals surface area contributed by atoms with Gasteiger partial charge in [-0.15, -0.1) is 0 Å². The van der Waals surface area contributed by atoms with E-state index in [1.165, 1.54) is 17.9 Å². The Hall–Kier alpha value is -3.87. The molecule has 0 spiro atoms. The summed E-state index contributed by atoms with van der Waals surface area (Å²) in [6.45, 7) is 2.06. The summed E-state index contributed by atoms with van der Waals surface area (Å²) >= 11 is 0. The van der Waals surface area contributed by atoms with Crippen LogP contribution in [0.5, 0.6) is 0 Å². The highest BCUT2D eigenvalue weighted by Gasteiger charge is 2.23. The monoisotopic (exact) mass is 429 g/mol. The molecule has 1 aromatic heterocycles. The molecule has 7 nitrogen and oxygen atoms in total. The smallest absolute Gasteiger partial charge is 0.338 e. The average Bonchev–Trinajstić information content (AvgIpc) is 3.18. The molecule has 0 atom stereocenters. The molecule has 1 aliphatic heterocycles. The molecule has 0 saturated heterocycles. The molecule has 0 unspecified atom stereocenters. The molecule has 7 heteroatoms. The number of hydrogen-bond donors (Lipinski definition) is 0. The maximum Gasteiger partial charge on any atom is 0.338 e. The highest BCUT2D eigenvalue weighted by molar-refractivity contribution is 6.30. The zero-order valence-corrected chi connectivity index (χ0v) is 18.0. The second kappa shape index (κ2) is 9.09. The number of carbonyl (C=O) groups excluding carboxylic acids is 2. The Balaban J connectivity index is 1.68. The fourth-order valence-electron chi connectivity index (χ4n) is 3.89. The second-order valence-corrected chi connectivity index (χ2v) is 7.59. The Morgan fingerprint density at radius 3 is 2.53 bits per heavy atom.